The lowest BCUT2D eigenvalue weighted by Crippen LogP contribution is -2.39. The van der Waals surface area contributed by atoms with E-state index in [1.54, 1.807) is 18.2 Å². The number of anilines is 1. The van der Waals surface area contributed by atoms with Gasteiger partial charge in [-0.3, -0.25) is 4.90 Å². The summed E-state index contributed by atoms with van der Waals surface area (Å²) >= 11 is 0. The van der Waals surface area contributed by atoms with Gasteiger partial charge in [-0.25, -0.2) is 17.9 Å². The van der Waals surface area contributed by atoms with Gasteiger partial charge in [0.05, 0.1) is 22.3 Å². The van der Waals surface area contributed by atoms with Crippen molar-refractivity contribution < 1.29 is 31.5 Å². The molecule has 3 heterocycles. The molecule has 9 nitrogen and oxygen atoms in total. The van der Waals surface area contributed by atoms with Gasteiger partial charge in [-0.15, -0.1) is 5.10 Å². The van der Waals surface area contributed by atoms with E-state index in [0.717, 1.165) is 61.2 Å². The van der Waals surface area contributed by atoms with E-state index in [1.807, 2.05) is 17.7 Å². The summed E-state index contributed by atoms with van der Waals surface area (Å²) in [6.45, 7) is 4.92. The number of nitrogens with zero attached hydrogens (tertiary/aromatic N) is 4. The van der Waals surface area contributed by atoms with Crippen LogP contribution in [0.25, 0.3) is 16.8 Å². The number of carbonyl (C=O) groups is 1. The fourth-order valence-electron chi connectivity index (χ4n) is 6.46. The topological polar surface area (TPSA) is 117 Å². The van der Waals surface area contributed by atoms with Crippen LogP contribution in [0.15, 0.2) is 53.4 Å². The van der Waals surface area contributed by atoms with E-state index in [2.05, 4.69) is 44.8 Å². The third kappa shape index (κ3) is 7.75. The highest BCUT2D eigenvalue weighted by molar-refractivity contribution is 7.90. The number of aromatic nitrogens is 3. The second kappa shape index (κ2) is 13.3. The molecule has 0 bridgehead atoms. The van der Waals surface area contributed by atoms with Crippen LogP contribution in [0.2, 0.25) is 0 Å². The number of hydrogen-bond acceptors (Lipinski definition) is 7. The molecule has 3 aliphatic rings. The van der Waals surface area contributed by atoms with Crippen LogP contribution in [0.5, 0.6) is 0 Å². The maximum absolute atomic E-state index is 12.2. The minimum absolute atomic E-state index is 0.0174. The molecule has 1 unspecified atom stereocenters. The maximum Gasteiger partial charge on any atom is 0.490 e. The Morgan fingerprint density at radius 2 is 1.78 bits per heavy atom. The Hall–Kier alpha value is -3.71. The summed E-state index contributed by atoms with van der Waals surface area (Å²) in [5, 5.41) is 19.6. The molecule has 45 heavy (non-hydrogen) atoms. The Balaban J connectivity index is 0.000000515. The molecule has 1 saturated carbocycles. The summed E-state index contributed by atoms with van der Waals surface area (Å²) in [6, 6.07) is 14.7. The van der Waals surface area contributed by atoms with Crippen molar-refractivity contribution in [3.8, 4) is 11.3 Å². The molecule has 2 aliphatic heterocycles. The number of carboxylic acid groups (broad SMARTS) is 1. The number of rotatable bonds is 5. The van der Waals surface area contributed by atoms with Crippen LogP contribution in [0.1, 0.15) is 67.8 Å². The van der Waals surface area contributed by atoms with E-state index >= 15 is 0 Å². The van der Waals surface area contributed by atoms with Crippen molar-refractivity contribution in [1.82, 2.24) is 19.9 Å². The Kier molecular flexibility index (Phi) is 9.68. The zero-order chi connectivity index (χ0) is 32.4. The lowest BCUT2D eigenvalue weighted by atomic mass is 9.89. The zero-order valence-electron chi connectivity index (χ0n) is 25.3. The van der Waals surface area contributed by atoms with Gasteiger partial charge in [-0.05, 0) is 73.6 Å². The fraction of sp³-hybridized carbons (Fsp3) is 0.469. The Labute approximate surface area is 261 Å². The van der Waals surface area contributed by atoms with Crippen molar-refractivity contribution in [2.45, 2.75) is 81.6 Å². The van der Waals surface area contributed by atoms with Crippen molar-refractivity contribution in [1.29, 1.82) is 0 Å². The van der Waals surface area contributed by atoms with Gasteiger partial charge >= 0.3 is 12.1 Å². The van der Waals surface area contributed by atoms with Crippen LogP contribution in [0.3, 0.4) is 0 Å². The van der Waals surface area contributed by atoms with Crippen LogP contribution in [0.4, 0.5) is 18.9 Å². The summed E-state index contributed by atoms with van der Waals surface area (Å²) in [4.78, 5) is 11.9. The monoisotopic (exact) mass is 645 g/mol. The molecule has 1 atom stereocenters. The molecule has 13 heteroatoms. The minimum Gasteiger partial charge on any atom is -0.475 e. The number of benzene rings is 2. The molecule has 1 aromatic heterocycles. The first-order valence-corrected chi connectivity index (χ1v) is 17.0. The number of aliphatic carboxylic acids is 1. The Morgan fingerprint density at radius 1 is 1.04 bits per heavy atom. The number of fused-ring (bicyclic) bond motifs is 3. The largest absolute Gasteiger partial charge is 0.490 e. The lowest BCUT2D eigenvalue weighted by molar-refractivity contribution is -0.192. The van der Waals surface area contributed by atoms with E-state index in [0.29, 0.717) is 4.90 Å². The van der Waals surface area contributed by atoms with Gasteiger partial charge in [0.25, 0.3) is 0 Å². The number of halogens is 3. The molecule has 2 aromatic carbocycles. The highest BCUT2D eigenvalue weighted by atomic mass is 32.2. The van der Waals surface area contributed by atoms with Crippen molar-refractivity contribution in [3.05, 3.63) is 65.4 Å². The number of alkyl halides is 3. The average molecular weight is 646 g/mol. The summed E-state index contributed by atoms with van der Waals surface area (Å²) in [5.41, 5.74) is 7.87. The quantitative estimate of drug-likeness (QED) is 0.334. The van der Waals surface area contributed by atoms with E-state index in [-0.39, 0.29) is 6.04 Å². The molecule has 3 aromatic rings. The minimum atomic E-state index is -5.08. The molecular weight excluding hydrogens is 607 g/mol. The number of sulfone groups is 1. The van der Waals surface area contributed by atoms with Crippen molar-refractivity contribution in [2.24, 2.45) is 0 Å². The van der Waals surface area contributed by atoms with Gasteiger partial charge < -0.3 is 10.4 Å². The highest BCUT2D eigenvalue weighted by Gasteiger charge is 2.38. The summed E-state index contributed by atoms with van der Waals surface area (Å²) in [6.07, 6.45) is 7.32. The van der Waals surface area contributed by atoms with Gasteiger partial charge in [0.1, 0.15) is 0 Å². The van der Waals surface area contributed by atoms with Crippen LogP contribution in [0, 0.1) is 6.92 Å². The second-order valence-corrected chi connectivity index (χ2v) is 13.9. The Bertz CT molecular complexity index is 1680. The predicted octanol–water partition coefficient (Wildman–Crippen LogP) is 6.27. The van der Waals surface area contributed by atoms with Gasteiger partial charge in [0.2, 0.25) is 0 Å². The first-order valence-electron chi connectivity index (χ1n) is 15.2. The molecule has 1 aliphatic carbocycles. The Morgan fingerprint density at radius 3 is 2.42 bits per heavy atom. The summed E-state index contributed by atoms with van der Waals surface area (Å²) in [7, 11) is -3.28. The molecule has 0 amide bonds. The van der Waals surface area contributed by atoms with E-state index in [4.69, 9.17) is 9.90 Å². The molecule has 2 N–H and O–H groups in total. The summed E-state index contributed by atoms with van der Waals surface area (Å²) < 4.78 is 58.1. The summed E-state index contributed by atoms with van der Waals surface area (Å²) in [5.74, 6) is -2.76. The number of aryl methyl sites for hydroxylation is 2. The molecule has 0 radical (unpaired) electrons. The zero-order valence-corrected chi connectivity index (χ0v) is 26.2. The maximum atomic E-state index is 12.2. The highest BCUT2D eigenvalue weighted by Crippen LogP contribution is 2.39. The standard InChI is InChI=1S/C30H37N5O2S.C2HF3O2/c1-21-30-27-12-11-23(22-13-16-34(17-14-22)25-8-4-3-5-9-25)19-28(27)29(15-18-35(30)33-32-21)31-24-7-6-10-26(20-24)38(2,36)37;3-2(4,5)1(6)7/h6-7,10-13,19-20,25,29,31H,3-5,8-9,14-18H2,1-2H3;(H,6,7). The fourth-order valence-corrected chi connectivity index (χ4v) is 7.12. The lowest BCUT2D eigenvalue weighted by Gasteiger charge is -2.36. The normalized spacial score (nSPS) is 19.3. The first-order chi connectivity index (χ1) is 21.3. The van der Waals surface area contributed by atoms with Crippen LogP contribution in [-0.2, 0) is 21.2 Å². The first kappa shape index (κ1) is 32.7. The SMILES string of the molecule is Cc1nnn2c1-c1ccc(C3=CCN(C4CCCCC4)CC3)cc1C(Nc1cccc(S(C)(=O)=O)c1)CC2.O=C(O)C(F)(F)F. The number of nitrogens with one attached hydrogen (secondary N) is 1. The smallest absolute Gasteiger partial charge is 0.475 e. The van der Waals surface area contributed by atoms with Crippen molar-refractivity contribution in [3.63, 3.8) is 0 Å². The second-order valence-electron chi connectivity index (χ2n) is 11.9. The molecule has 242 valence electrons. The van der Waals surface area contributed by atoms with Crippen molar-refractivity contribution >= 4 is 27.1 Å². The predicted molar refractivity (Wildman–Crippen MR) is 165 cm³/mol. The molecule has 1 fully saturated rings. The molecular formula is C32H38F3N5O4S. The molecule has 0 saturated heterocycles. The van der Waals surface area contributed by atoms with Crippen molar-refractivity contribution in [2.75, 3.05) is 24.7 Å². The van der Waals surface area contributed by atoms with Crippen LogP contribution < -0.4 is 5.32 Å². The average Bonchev–Trinajstić information content (AvgIpc) is 3.31. The third-order valence-corrected chi connectivity index (χ3v) is 9.87. The van der Waals surface area contributed by atoms with E-state index in [1.165, 1.54) is 55.1 Å². The van der Waals surface area contributed by atoms with Gasteiger partial charge in [-0.1, -0.05) is 48.8 Å². The van der Waals surface area contributed by atoms with E-state index in [9.17, 15) is 21.6 Å². The third-order valence-electron chi connectivity index (χ3n) is 8.76. The van der Waals surface area contributed by atoms with E-state index < -0.39 is 22.0 Å². The van der Waals surface area contributed by atoms with Crippen LogP contribution >= 0.6 is 0 Å². The molecule has 0 spiro atoms. The van der Waals surface area contributed by atoms with Gasteiger partial charge in [0, 0.05) is 43.2 Å². The number of hydrogen-bond donors (Lipinski definition) is 2. The molecule has 6 rings (SSSR count). The number of carboxylic acids is 1. The van der Waals surface area contributed by atoms with Gasteiger partial charge in [-0.2, -0.15) is 13.2 Å². The van der Waals surface area contributed by atoms with Crippen LogP contribution in [-0.4, -0.2) is 71.0 Å². The van der Waals surface area contributed by atoms with Gasteiger partial charge in [0.15, 0.2) is 9.84 Å².